The van der Waals surface area contributed by atoms with Crippen molar-refractivity contribution in [3.05, 3.63) is 23.8 Å². The molecule has 2 atom stereocenters. The maximum absolute atomic E-state index is 11.2. The van der Waals surface area contributed by atoms with E-state index in [9.17, 15) is 8.42 Å². The Bertz CT molecular complexity index is 510. The SMILES string of the molecule is CC1CC(C)c2cc(S(N)(=O)=O)ccc2O1. The van der Waals surface area contributed by atoms with Crippen molar-refractivity contribution in [2.24, 2.45) is 5.14 Å². The Balaban J connectivity index is 2.51. The topological polar surface area (TPSA) is 69.4 Å². The van der Waals surface area contributed by atoms with Gasteiger partial charge < -0.3 is 4.74 Å². The third-order valence-electron chi connectivity index (χ3n) is 2.85. The first kappa shape index (κ1) is 11.4. The molecule has 1 aliphatic rings. The van der Waals surface area contributed by atoms with Crippen molar-refractivity contribution in [3.63, 3.8) is 0 Å². The molecule has 1 aliphatic heterocycles. The van der Waals surface area contributed by atoms with Gasteiger partial charge in [-0.3, -0.25) is 0 Å². The van der Waals surface area contributed by atoms with Crippen LogP contribution in [-0.4, -0.2) is 14.5 Å². The molecule has 2 rings (SSSR count). The number of benzene rings is 1. The fourth-order valence-electron chi connectivity index (χ4n) is 2.09. The van der Waals surface area contributed by atoms with Gasteiger partial charge in [0, 0.05) is 0 Å². The van der Waals surface area contributed by atoms with Crippen molar-refractivity contribution in [3.8, 4) is 5.75 Å². The summed E-state index contributed by atoms with van der Waals surface area (Å²) in [5.74, 6) is 1.05. The molecule has 16 heavy (non-hydrogen) atoms. The quantitative estimate of drug-likeness (QED) is 0.812. The normalized spacial score (nSPS) is 24.7. The van der Waals surface area contributed by atoms with E-state index >= 15 is 0 Å². The highest BCUT2D eigenvalue weighted by molar-refractivity contribution is 7.89. The van der Waals surface area contributed by atoms with E-state index in [0.717, 1.165) is 17.7 Å². The highest BCUT2D eigenvalue weighted by Crippen LogP contribution is 2.36. The summed E-state index contributed by atoms with van der Waals surface area (Å²) in [6.07, 6.45) is 1.06. The number of fused-ring (bicyclic) bond motifs is 1. The van der Waals surface area contributed by atoms with Gasteiger partial charge in [0.25, 0.3) is 0 Å². The summed E-state index contributed by atoms with van der Waals surface area (Å²) in [4.78, 5) is 0.149. The molecule has 1 aromatic rings. The lowest BCUT2D eigenvalue weighted by atomic mass is 9.92. The molecule has 0 saturated heterocycles. The molecule has 1 heterocycles. The Kier molecular flexibility index (Phi) is 2.67. The third-order valence-corrected chi connectivity index (χ3v) is 3.77. The Morgan fingerprint density at radius 1 is 1.38 bits per heavy atom. The molecule has 0 bridgehead atoms. The average Bonchev–Trinajstić information content (AvgIpc) is 2.15. The summed E-state index contributed by atoms with van der Waals surface area (Å²) >= 11 is 0. The lowest BCUT2D eigenvalue weighted by Gasteiger charge is -2.28. The zero-order valence-corrected chi connectivity index (χ0v) is 10.1. The molecule has 0 fully saturated rings. The summed E-state index contributed by atoms with van der Waals surface area (Å²) in [6.45, 7) is 4.07. The molecular weight excluding hydrogens is 226 g/mol. The van der Waals surface area contributed by atoms with Crippen LogP contribution < -0.4 is 9.88 Å². The van der Waals surface area contributed by atoms with Crippen molar-refractivity contribution in [1.82, 2.24) is 0 Å². The maximum atomic E-state index is 11.2. The van der Waals surface area contributed by atoms with Crippen molar-refractivity contribution in [1.29, 1.82) is 0 Å². The summed E-state index contributed by atoms with van der Waals surface area (Å²) in [5.41, 5.74) is 0.921. The number of hydrogen-bond acceptors (Lipinski definition) is 3. The fraction of sp³-hybridized carbons (Fsp3) is 0.455. The maximum Gasteiger partial charge on any atom is 0.238 e. The number of rotatable bonds is 1. The van der Waals surface area contributed by atoms with E-state index in [1.807, 2.05) is 6.92 Å². The molecule has 5 heteroatoms. The number of ether oxygens (including phenoxy) is 1. The molecule has 0 amide bonds. The van der Waals surface area contributed by atoms with Gasteiger partial charge in [-0.1, -0.05) is 6.92 Å². The van der Waals surface area contributed by atoms with Gasteiger partial charge in [-0.2, -0.15) is 0 Å². The molecule has 2 unspecified atom stereocenters. The summed E-state index contributed by atoms with van der Waals surface area (Å²) in [7, 11) is -3.63. The fourth-order valence-corrected chi connectivity index (χ4v) is 2.63. The minimum Gasteiger partial charge on any atom is -0.490 e. The van der Waals surface area contributed by atoms with Crippen LogP contribution in [-0.2, 0) is 10.0 Å². The minimum atomic E-state index is -3.63. The van der Waals surface area contributed by atoms with Crippen LogP contribution in [0.1, 0.15) is 31.7 Å². The third kappa shape index (κ3) is 2.05. The predicted octanol–water partition coefficient (Wildman–Crippen LogP) is 1.61. The average molecular weight is 241 g/mol. The number of primary sulfonamides is 1. The second-order valence-corrected chi connectivity index (χ2v) is 5.87. The van der Waals surface area contributed by atoms with Crippen molar-refractivity contribution >= 4 is 10.0 Å². The molecule has 0 aliphatic carbocycles. The predicted molar refractivity (Wildman–Crippen MR) is 60.9 cm³/mol. The van der Waals surface area contributed by atoms with Gasteiger partial charge in [0.2, 0.25) is 10.0 Å². The van der Waals surface area contributed by atoms with Crippen LogP contribution in [0.15, 0.2) is 23.1 Å². The van der Waals surface area contributed by atoms with E-state index in [-0.39, 0.29) is 11.0 Å². The second-order valence-electron chi connectivity index (χ2n) is 4.31. The molecule has 0 spiro atoms. The van der Waals surface area contributed by atoms with E-state index in [2.05, 4.69) is 6.92 Å². The van der Waals surface area contributed by atoms with E-state index in [1.165, 1.54) is 6.07 Å². The first-order valence-electron chi connectivity index (χ1n) is 5.21. The van der Waals surface area contributed by atoms with Crippen molar-refractivity contribution < 1.29 is 13.2 Å². The Morgan fingerprint density at radius 2 is 2.06 bits per heavy atom. The zero-order valence-electron chi connectivity index (χ0n) is 9.30. The van der Waals surface area contributed by atoms with Gasteiger partial charge in [0.1, 0.15) is 5.75 Å². The largest absolute Gasteiger partial charge is 0.490 e. The molecule has 0 saturated carbocycles. The van der Waals surface area contributed by atoms with Gasteiger partial charge in [0.15, 0.2) is 0 Å². The second kappa shape index (κ2) is 3.75. The van der Waals surface area contributed by atoms with Gasteiger partial charge in [0.05, 0.1) is 11.0 Å². The molecule has 2 N–H and O–H groups in total. The molecular formula is C11H15NO3S. The lowest BCUT2D eigenvalue weighted by molar-refractivity contribution is 0.179. The lowest BCUT2D eigenvalue weighted by Crippen LogP contribution is -2.22. The number of nitrogens with two attached hydrogens (primary N) is 1. The Hall–Kier alpha value is -1.07. The number of hydrogen-bond donors (Lipinski definition) is 1. The standard InChI is InChI=1S/C11H15NO3S/c1-7-5-8(2)15-11-4-3-9(6-10(7)11)16(12,13)14/h3-4,6-8H,5H2,1-2H3,(H2,12,13,14). The molecule has 0 radical (unpaired) electrons. The Labute approximate surface area is 95.5 Å². The van der Waals surface area contributed by atoms with Gasteiger partial charge in [-0.15, -0.1) is 0 Å². The Morgan fingerprint density at radius 3 is 2.69 bits per heavy atom. The van der Waals surface area contributed by atoms with Crippen LogP contribution in [0.2, 0.25) is 0 Å². The van der Waals surface area contributed by atoms with Crippen LogP contribution in [0.25, 0.3) is 0 Å². The van der Waals surface area contributed by atoms with Gasteiger partial charge in [-0.05, 0) is 43.0 Å². The van der Waals surface area contributed by atoms with Crippen LogP contribution in [0.3, 0.4) is 0 Å². The highest BCUT2D eigenvalue weighted by Gasteiger charge is 2.24. The molecule has 1 aromatic carbocycles. The summed E-state index contributed by atoms with van der Waals surface area (Å²) < 4.78 is 28.1. The highest BCUT2D eigenvalue weighted by atomic mass is 32.2. The number of sulfonamides is 1. The molecule has 0 aromatic heterocycles. The molecule has 4 nitrogen and oxygen atoms in total. The smallest absolute Gasteiger partial charge is 0.238 e. The van der Waals surface area contributed by atoms with E-state index in [0.29, 0.717) is 5.92 Å². The van der Waals surface area contributed by atoms with Crippen LogP contribution in [0.4, 0.5) is 0 Å². The van der Waals surface area contributed by atoms with Crippen molar-refractivity contribution in [2.45, 2.75) is 37.2 Å². The minimum absolute atomic E-state index is 0.149. The van der Waals surface area contributed by atoms with E-state index < -0.39 is 10.0 Å². The monoisotopic (exact) mass is 241 g/mol. The van der Waals surface area contributed by atoms with Crippen LogP contribution in [0.5, 0.6) is 5.75 Å². The first-order valence-corrected chi connectivity index (χ1v) is 6.76. The summed E-state index contributed by atoms with van der Waals surface area (Å²) in [6, 6.07) is 4.78. The van der Waals surface area contributed by atoms with Gasteiger partial charge in [-0.25, -0.2) is 13.6 Å². The van der Waals surface area contributed by atoms with Crippen LogP contribution in [0, 0.1) is 0 Å². The first-order chi connectivity index (χ1) is 7.38. The zero-order chi connectivity index (χ0) is 11.9. The van der Waals surface area contributed by atoms with E-state index in [4.69, 9.17) is 9.88 Å². The van der Waals surface area contributed by atoms with E-state index in [1.54, 1.807) is 12.1 Å². The van der Waals surface area contributed by atoms with Gasteiger partial charge >= 0.3 is 0 Å². The summed E-state index contributed by atoms with van der Waals surface area (Å²) in [5, 5.41) is 5.09. The van der Waals surface area contributed by atoms with Crippen LogP contribution >= 0.6 is 0 Å². The molecule has 88 valence electrons. The van der Waals surface area contributed by atoms with Crippen molar-refractivity contribution in [2.75, 3.05) is 0 Å².